The summed E-state index contributed by atoms with van der Waals surface area (Å²) in [5.74, 6) is -4.62. The van der Waals surface area contributed by atoms with Crippen molar-refractivity contribution in [2.75, 3.05) is 16.0 Å². The summed E-state index contributed by atoms with van der Waals surface area (Å²) in [6.45, 7) is 0. The first-order valence-corrected chi connectivity index (χ1v) is 18.8. The van der Waals surface area contributed by atoms with Crippen LogP contribution < -0.4 is 16.0 Å². The van der Waals surface area contributed by atoms with Crippen LogP contribution in [-0.4, -0.2) is 54.7 Å². The van der Waals surface area contributed by atoms with Gasteiger partial charge >= 0.3 is 5.97 Å². The molecule has 0 saturated carbocycles. The van der Waals surface area contributed by atoms with Crippen LogP contribution in [0.3, 0.4) is 0 Å². The average molecular weight is 768 g/mol. The normalized spacial score (nSPS) is 12.2. The van der Waals surface area contributed by atoms with E-state index in [0.717, 1.165) is 0 Å². The van der Waals surface area contributed by atoms with Crippen LogP contribution in [0, 0.1) is 0 Å². The molecule has 54 heavy (non-hydrogen) atoms. The second-order valence-electron chi connectivity index (χ2n) is 12.1. The lowest BCUT2D eigenvalue weighted by atomic mass is 9.95. The van der Waals surface area contributed by atoms with Crippen LogP contribution in [0.1, 0.15) is 38.6 Å². The van der Waals surface area contributed by atoms with Gasteiger partial charge in [0, 0.05) is 45.4 Å². The summed E-state index contributed by atoms with van der Waals surface area (Å²) < 4.78 is 65.6. The second-order valence-corrected chi connectivity index (χ2v) is 14.9. The Balaban J connectivity index is 1.34. The van der Waals surface area contributed by atoms with Crippen LogP contribution in [0.25, 0.3) is 21.5 Å². The molecule has 0 fully saturated rings. The van der Waals surface area contributed by atoms with E-state index in [1.807, 2.05) is 0 Å². The maximum atomic E-state index is 13.8. The van der Waals surface area contributed by atoms with Crippen LogP contribution in [0.4, 0.5) is 17.1 Å². The number of fused-ring (bicyclic) bond motifs is 2. The summed E-state index contributed by atoms with van der Waals surface area (Å²) in [5, 5.41) is 19.5. The Kier molecular flexibility index (Phi) is 10.3. The summed E-state index contributed by atoms with van der Waals surface area (Å²) in [7, 11) is -9.00. The molecule has 0 spiro atoms. The van der Waals surface area contributed by atoms with Gasteiger partial charge in [0.1, 0.15) is 0 Å². The lowest BCUT2D eigenvalue weighted by Gasteiger charge is -2.15. The van der Waals surface area contributed by atoms with Gasteiger partial charge in [-0.1, -0.05) is 66.7 Å². The van der Waals surface area contributed by atoms with Crippen molar-refractivity contribution in [3.8, 4) is 0 Å². The molecule has 0 saturated heterocycles. The molecule has 0 aliphatic rings. The summed E-state index contributed by atoms with van der Waals surface area (Å²) in [4.78, 5) is 52.1. The monoisotopic (exact) mass is 767 g/mol. The molecule has 0 aromatic heterocycles. The third-order valence-electron chi connectivity index (χ3n) is 8.43. The highest BCUT2D eigenvalue weighted by Gasteiger charge is 2.24. The molecule has 0 heterocycles. The Bertz CT molecular complexity index is 2570. The molecule has 6 N–H and O–H groups in total. The third-order valence-corrected chi connectivity index (χ3v) is 10.1. The molecule has 0 bridgehead atoms. The fourth-order valence-corrected chi connectivity index (χ4v) is 6.88. The second kappa shape index (κ2) is 14.9. The van der Waals surface area contributed by atoms with Gasteiger partial charge in [-0.05, 0) is 70.9 Å². The SMILES string of the molecule is O=C(CC(C(=O)O)c1ccccc1)Nc1cc(C(=O)Nc2cccc3cc(S(=O)(=O)O)ccc23)cc(C(=O)Nc2cccc3cc(S(=O)(=O)O)ccc23)c1. The Labute approximate surface area is 308 Å². The van der Waals surface area contributed by atoms with E-state index >= 15 is 0 Å². The molecule has 6 aromatic carbocycles. The van der Waals surface area contributed by atoms with Gasteiger partial charge in [-0.25, -0.2) is 0 Å². The van der Waals surface area contributed by atoms with Crippen molar-refractivity contribution in [1.82, 2.24) is 0 Å². The van der Waals surface area contributed by atoms with E-state index in [1.54, 1.807) is 66.7 Å². The summed E-state index contributed by atoms with van der Waals surface area (Å²) in [6, 6.07) is 28.9. The highest BCUT2D eigenvalue weighted by Crippen LogP contribution is 2.29. The number of carboxylic acid groups (broad SMARTS) is 1. The predicted molar refractivity (Wildman–Crippen MR) is 200 cm³/mol. The zero-order valence-electron chi connectivity index (χ0n) is 27.8. The number of hydrogen-bond acceptors (Lipinski definition) is 8. The summed E-state index contributed by atoms with van der Waals surface area (Å²) in [6.07, 6.45) is -0.472. The van der Waals surface area contributed by atoms with E-state index in [0.29, 0.717) is 27.1 Å². The number of aliphatic carboxylic acids is 1. The lowest BCUT2D eigenvalue weighted by molar-refractivity contribution is -0.140. The van der Waals surface area contributed by atoms with E-state index < -0.39 is 56.3 Å². The lowest BCUT2D eigenvalue weighted by Crippen LogP contribution is -2.22. The number of rotatable bonds is 11. The topological polar surface area (TPSA) is 233 Å². The Morgan fingerprint density at radius 3 is 1.48 bits per heavy atom. The molecule has 16 heteroatoms. The van der Waals surface area contributed by atoms with Crippen LogP contribution in [0.5, 0.6) is 0 Å². The molecule has 3 amide bonds. The number of benzene rings is 6. The first-order chi connectivity index (χ1) is 25.6. The minimum atomic E-state index is -4.50. The first kappa shape index (κ1) is 37.3. The highest BCUT2D eigenvalue weighted by molar-refractivity contribution is 7.86. The predicted octanol–water partition coefficient (Wildman–Crippen LogP) is 6.19. The number of carbonyl (C=O) groups excluding carboxylic acids is 3. The van der Waals surface area contributed by atoms with Gasteiger partial charge in [-0.2, -0.15) is 16.8 Å². The minimum absolute atomic E-state index is 0.0126. The van der Waals surface area contributed by atoms with Crippen molar-refractivity contribution >= 4 is 82.5 Å². The molecule has 6 aromatic rings. The van der Waals surface area contributed by atoms with Gasteiger partial charge in [0.2, 0.25) is 5.91 Å². The highest BCUT2D eigenvalue weighted by atomic mass is 32.2. The van der Waals surface area contributed by atoms with E-state index in [9.17, 15) is 50.2 Å². The van der Waals surface area contributed by atoms with Gasteiger partial charge in [0.05, 0.1) is 15.7 Å². The standard InChI is InChI=1S/C38H29N3O11S2/c42-35(21-32(38(45)46)22-6-2-1-3-7-22)39-27-17-25(36(43)40-33-10-4-8-23-19-28(53(47,48)49)12-14-30(23)33)16-26(18-27)37(44)41-34-11-5-9-24-20-29(54(50,51)52)13-15-31(24)34/h1-20,32H,21H2,(H,39,42)(H,40,43)(H,41,44)(H,45,46)(H,47,48,49)(H,50,51,52). The number of anilines is 3. The summed E-state index contributed by atoms with van der Waals surface area (Å²) >= 11 is 0. The van der Waals surface area contributed by atoms with Gasteiger partial charge < -0.3 is 21.1 Å². The van der Waals surface area contributed by atoms with Crippen molar-refractivity contribution in [3.05, 3.63) is 138 Å². The largest absolute Gasteiger partial charge is 0.481 e. The smallest absolute Gasteiger partial charge is 0.311 e. The third kappa shape index (κ3) is 8.43. The molecule has 0 radical (unpaired) electrons. The molecule has 1 atom stereocenters. The van der Waals surface area contributed by atoms with E-state index in [2.05, 4.69) is 16.0 Å². The van der Waals surface area contributed by atoms with Crippen LogP contribution in [0.15, 0.2) is 131 Å². The van der Waals surface area contributed by atoms with Crippen molar-refractivity contribution < 1.29 is 50.2 Å². The fraction of sp³-hybridized carbons (Fsp3) is 0.0526. The van der Waals surface area contributed by atoms with Crippen LogP contribution in [0.2, 0.25) is 0 Å². The molecule has 0 aliphatic carbocycles. The number of amides is 3. The molecule has 274 valence electrons. The summed E-state index contributed by atoms with van der Waals surface area (Å²) in [5.41, 5.74) is 0.697. The number of carbonyl (C=O) groups is 4. The maximum absolute atomic E-state index is 13.8. The van der Waals surface area contributed by atoms with Gasteiger partial charge in [0.25, 0.3) is 32.1 Å². The Morgan fingerprint density at radius 1 is 0.556 bits per heavy atom. The number of nitrogens with one attached hydrogen (secondary N) is 3. The van der Waals surface area contributed by atoms with E-state index in [-0.39, 0.29) is 38.0 Å². The Morgan fingerprint density at radius 2 is 1.04 bits per heavy atom. The van der Waals surface area contributed by atoms with Crippen LogP contribution >= 0.6 is 0 Å². The number of hydrogen-bond donors (Lipinski definition) is 6. The zero-order valence-corrected chi connectivity index (χ0v) is 29.4. The molecule has 14 nitrogen and oxygen atoms in total. The quantitative estimate of drug-likeness (QED) is 0.0814. The molecule has 6 rings (SSSR count). The van der Waals surface area contributed by atoms with Crippen molar-refractivity contribution in [2.45, 2.75) is 22.1 Å². The zero-order chi connectivity index (χ0) is 38.8. The van der Waals surface area contributed by atoms with Gasteiger partial charge in [0.15, 0.2) is 0 Å². The molecule has 0 aliphatic heterocycles. The maximum Gasteiger partial charge on any atom is 0.311 e. The average Bonchev–Trinajstić information content (AvgIpc) is 3.13. The molecule has 1 unspecified atom stereocenters. The molecular weight excluding hydrogens is 739 g/mol. The van der Waals surface area contributed by atoms with Crippen molar-refractivity contribution in [2.24, 2.45) is 0 Å². The first-order valence-electron chi connectivity index (χ1n) is 15.9. The van der Waals surface area contributed by atoms with Crippen molar-refractivity contribution in [3.63, 3.8) is 0 Å². The minimum Gasteiger partial charge on any atom is -0.481 e. The van der Waals surface area contributed by atoms with Crippen LogP contribution in [-0.2, 0) is 29.8 Å². The Hall–Kier alpha value is -6.46. The fourth-order valence-electron chi connectivity index (χ4n) is 5.84. The van der Waals surface area contributed by atoms with E-state index in [1.165, 1.54) is 54.6 Å². The van der Waals surface area contributed by atoms with Crippen molar-refractivity contribution in [1.29, 1.82) is 0 Å². The van der Waals surface area contributed by atoms with Gasteiger partial charge in [-0.3, -0.25) is 28.3 Å². The van der Waals surface area contributed by atoms with Gasteiger partial charge in [-0.15, -0.1) is 0 Å². The molecular formula is C38H29N3O11S2. The van der Waals surface area contributed by atoms with E-state index in [4.69, 9.17) is 0 Å². The number of carboxylic acids is 1.